The fourth-order valence-electron chi connectivity index (χ4n) is 2.47. The van der Waals surface area contributed by atoms with E-state index < -0.39 is 47.5 Å². The van der Waals surface area contributed by atoms with Gasteiger partial charge in [0.15, 0.2) is 0 Å². The van der Waals surface area contributed by atoms with Gasteiger partial charge in [0.2, 0.25) is 0 Å². The van der Waals surface area contributed by atoms with Gasteiger partial charge in [-0.15, -0.1) is 0 Å². The summed E-state index contributed by atoms with van der Waals surface area (Å²) in [5.74, 6) is -9.79. The molecule has 19 heavy (non-hydrogen) atoms. The molecule has 0 aromatic heterocycles. The summed E-state index contributed by atoms with van der Waals surface area (Å²) in [6.07, 6.45) is -0.315. The van der Waals surface area contributed by atoms with E-state index in [2.05, 4.69) is 9.47 Å². The molecule has 0 radical (unpaired) electrons. The standard InChI is InChI=1S/C11H14O8/c1-18-10(16)6-4(8(12)13)3-5(9(14)15)7(6)11(17)19-2/h4-7H,3H2,1-2H3,(H,12,13)(H,14,15)/t4-,5+,6+,7-. The molecule has 0 saturated heterocycles. The number of rotatable bonds is 4. The molecule has 0 aliphatic heterocycles. The van der Waals surface area contributed by atoms with E-state index in [0.717, 1.165) is 14.2 Å². The van der Waals surface area contributed by atoms with Crippen molar-refractivity contribution < 1.29 is 38.9 Å². The average Bonchev–Trinajstić information content (AvgIpc) is 2.77. The van der Waals surface area contributed by atoms with Gasteiger partial charge in [0, 0.05) is 0 Å². The van der Waals surface area contributed by atoms with E-state index >= 15 is 0 Å². The molecule has 0 unspecified atom stereocenters. The molecule has 1 aliphatic carbocycles. The first-order chi connectivity index (χ1) is 8.84. The van der Waals surface area contributed by atoms with Crippen molar-refractivity contribution in [2.75, 3.05) is 14.2 Å². The molecular weight excluding hydrogens is 260 g/mol. The van der Waals surface area contributed by atoms with Gasteiger partial charge in [-0.2, -0.15) is 0 Å². The van der Waals surface area contributed by atoms with Gasteiger partial charge >= 0.3 is 23.9 Å². The number of carboxylic acid groups (broad SMARTS) is 2. The number of carbonyl (C=O) groups is 4. The lowest BCUT2D eigenvalue weighted by Gasteiger charge is -2.19. The van der Waals surface area contributed by atoms with E-state index in [-0.39, 0.29) is 6.42 Å². The van der Waals surface area contributed by atoms with Crippen molar-refractivity contribution in [3.8, 4) is 0 Å². The van der Waals surface area contributed by atoms with Gasteiger partial charge in [-0.05, 0) is 6.42 Å². The van der Waals surface area contributed by atoms with E-state index in [1.165, 1.54) is 0 Å². The highest BCUT2D eigenvalue weighted by Gasteiger charge is 2.57. The van der Waals surface area contributed by atoms with Crippen LogP contribution in [0.2, 0.25) is 0 Å². The summed E-state index contributed by atoms with van der Waals surface area (Å²) in [4.78, 5) is 45.5. The molecule has 1 saturated carbocycles. The predicted octanol–water partition coefficient (Wildman–Crippen LogP) is -0.630. The first-order valence-electron chi connectivity index (χ1n) is 5.46. The Kier molecular flexibility index (Phi) is 4.47. The lowest BCUT2D eigenvalue weighted by Crippen LogP contribution is -2.37. The molecule has 0 spiro atoms. The van der Waals surface area contributed by atoms with Gasteiger partial charge in [0.25, 0.3) is 0 Å². The third-order valence-corrected chi connectivity index (χ3v) is 3.34. The number of aliphatic carboxylic acids is 2. The maximum Gasteiger partial charge on any atom is 0.310 e. The molecule has 1 rings (SSSR count). The summed E-state index contributed by atoms with van der Waals surface area (Å²) in [6, 6.07) is 0. The van der Waals surface area contributed by atoms with Crippen LogP contribution in [0.5, 0.6) is 0 Å². The maximum absolute atomic E-state index is 11.6. The van der Waals surface area contributed by atoms with Crippen LogP contribution in [0.25, 0.3) is 0 Å². The Bertz CT molecular complexity index is 377. The van der Waals surface area contributed by atoms with Crippen LogP contribution >= 0.6 is 0 Å². The summed E-state index contributed by atoms with van der Waals surface area (Å²) in [6.45, 7) is 0. The van der Waals surface area contributed by atoms with Gasteiger partial charge in [-0.25, -0.2) is 0 Å². The zero-order valence-electron chi connectivity index (χ0n) is 10.4. The monoisotopic (exact) mass is 274 g/mol. The molecule has 8 nitrogen and oxygen atoms in total. The summed E-state index contributed by atoms with van der Waals surface area (Å²) < 4.78 is 8.93. The molecule has 0 aromatic carbocycles. The molecular formula is C11H14O8. The SMILES string of the molecule is COC(=O)[C@@H]1[C@H](C(=O)OC)[C@@H](C(=O)O)C[C@H]1C(=O)O. The van der Waals surface area contributed by atoms with Crippen LogP contribution < -0.4 is 0 Å². The number of methoxy groups -OCH3 is 2. The predicted molar refractivity (Wildman–Crippen MR) is 57.9 cm³/mol. The summed E-state index contributed by atoms with van der Waals surface area (Å²) in [7, 11) is 2.09. The molecule has 0 heterocycles. The number of carbonyl (C=O) groups excluding carboxylic acids is 2. The summed E-state index contributed by atoms with van der Waals surface area (Å²) >= 11 is 0. The molecule has 0 aromatic rings. The average molecular weight is 274 g/mol. The zero-order chi connectivity index (χ0) is 14.7. The Balaban J connectivity index is 3.22. The largest absolute Gasteiger partial charge is 0.481 e. The van der Waals surface area contributed by atoms with Gasteiger partial charge in [0.1, 0.15) is 0 Å². The van der Waals surface area contributed by atoms with Crippen LogP contribution in [0.15, 0.2) is 0 Å². The van der Waals surface area contributed by atoms with E-state index in [1.807, 2.05) is 0 Å². The van der Waals surface area contributed by atoms with E-state index in [4.69, 9.17) is 10.2 Å². The molecule has 106 valence electrons. The molecule has 1 aliphatic rings. The number of carboxylic acids is 2. The van der Waals surface area contributed by atoms with Gasteiger partial charge in [-0.3, -0.25) is 19.2 Å². The molecule has 1 fully saturated rings. The molecule has 8 heteroatoms. The smallest absolute Gasteiger partial charge is 0.310 e. The third-order valence-electron chi connectivity index (χ3n) is 3.34. The minimum atomic E-state index is -1.35. The normalized spacial score (nSPS) is 29.6. The van der Waals surface area contributed by atoms with Crippen LogP contribution in [-0.2, 0) is 28.7 Å². The van der Waals surface area contributed by atoms with Gasteiger partial charge in [0.05, 0.1) is 37.9 Å². The second kappa shape index (κ2) is 5.68. The Hall–Kier alpha value is -2.12. The summed E-state index contributed by atoms with van der Waals surface area (Å²) in [5, 5.41) is 18.1. The van der Waals surface area contributed by atoms with Crippen LogP contribution in [-0.4, -0.2) is 48.3 Å². The lowest BCUT2D eigenvalue weighted by atomic mass is 9.87. The fraction of sp³-hybridized carbons (Fsp3) is 0.636. The Morgan fingerprint density at radius 3 is 1.37 bits per heavy atom. The number of hydrogen-bond acceptors (Lipinski definition) is 6. The molecule has 4 atom stereocenters. The van der Waals surface area contributed by atoms with E-state index in [9.17, 15) is 19.2 Å². The van der Waals surface area contributed by atoms with Crippen molar-refractivity contribution in [2.24, 2.45) is 23.7 Å². The minimum absolute atomic E-state index is 0.315. The highest BCUT2D eigenvalue weighted by atomic mass is 16.5. The summed E-state index contributed by atoms with van der Waals surface area (Å²) in [5.41, 5.74) is 0. The van der Waals surface area contributed by atoms with Gasteiger partial charge in [-0.1, -0.05) is 0 Å². The van der Waals surface area contributed by atoms with Crippen LogP contribution in [0.1, 0.15) is 6.42 Å². The molecule has 2 N–H and O–H groups in total. The van der Waals surface area contributed by atoms with Crippen molar-refractivity contribution in [3.05, 3.63) is 0 Å². The topological polar surface area (TPSA) is 127 Å². The number of ether oxygens (including phenoxy) is 2. The highest BCUT2D eigenvalue weighted by Crippen LogP contribution is 2.43. The van der Waals surface area contributed by atoms with Crippen molar-refractivity contribution in [3.63, 3.8) is 0 Å². The first kappa shape index (κ1) is 14.9. The van der Waals surface area contributed by atoms with Crippen molar-refractivity contribution in [1.29, 1.82) is 0 Å². The number of hydrogen-bond donors (Lipinski definition) is 2. The van der Waals surface area contributed by atoms with Gasteiger partial charge < -0.3 is 19.7 Å². The minimum Gasteiger partial charge on any atom is -0.481 e. The highest BCUT2D eigenvalue weighted by molar-refractivity contribution is 5.92. The first-order valence-corrected chi connectivity index (χ1v) is 5.46. The number of esters is 2. The Labute approximate surface area is 108 Å². The molecule has 0 amide bonds. The van der Waals surface area contributed by atoms with E-state index in [0.29, 0.717) is 0 Å². The fourth-order valence-corrected chi connectivity index (χ4v) is 2.47. The van der Waals surface area contributed by atoms with Crippen LogP contribution in [0.3, 0.4) is 0 Å². The second-order valence-corrected chi connectivity index (χ2v) is 4.22. The Morgan fingerprint density at radius 2 is 1.16 bits per heavy atom. The van der Waals surface area contributed by atoms with Crippen LogP contribution in [0, 0.1) is 23.7 Å². The van der Waals surface area contributed by atoms with Crippen molar-refractivity contribution in [2.45, 2.75) is 6.42 Å². The lowest BCUT2D eigenvalue weighted by molar-refractivity contribution is -0.163. The van der Waals surface area contributed by atoms with E-state index in [1.54, 1.807) is 0 Å². The second-order valence-electron chi connectivity index (χ2n) is 4.22. The quantitative estimate of drug-likeness (QED) is 0.648. The van der Waals surface area contributed by atoms with Crippen molar-refractivity contribution in [1.82, 2.24) is 0 Å². The molecule has 0 bridgehead atoms. The van der Waals surface area contributed by atoms with Crippen molar-refractivity contribution >= 4 is 23.9 Å². The Morgan fingerprint density at radius 1 is 0.842 bits per heavy atom. The zero-order valence-corrected chi connectivity index (χ0v) is 10.4. The van der Waals surface area contributed by atoms with Crippen LogP contribution in [0.4, 0.5) is 0 Å². The third kappa shape index (κ3) is 2.67. The maximum atomic E-state index is 11.6.